The number of carboxylic acid groups (broad SMARTS) is 1. The summed E-state index contributed by atoms with van der Waals surface area (Å²) >= 11 is 0. The van der Waals surface area contributed by atoms with Crippen molar-refractivity contribution in [2.24, 2.45) is 11.8 Å². The van der Waals surface area contributed by atoms with Crippen molar-refractivity contribution in [2.75, 3.05) is 0 Å². The van der Waals surface area contributed by atoms with Gasteiger partial charge >= 0.3 is 5.97 Å². The number of rotatable bonds is 2. The molecule has 0 spiro atoms. The molecule has 6 nitrogen and oxygen atoms in total. The van der Waals surface area contributed by atoms with Crippen molar-refractivity contribution < 1.29 is 9.90 Å². The molecule has 1 aliphatic rings. The van der Waals surface area contributed by atoms with Crippen molar-refractivity contribution in [1.29, 1.82) is 0 Å². The predicted molar refractivity (Wildman–Crippen MR) is 67.8 cm³/mol. The molecule has 0 bridgehead atoms. The van der Waals surface area contributed by atoms with Gasteiger partial charge in [-0.3, -0.25) is 4.79 Å². The fraction of sp³-hybridized carbons (Fsp3) is 0.538. The first kappa shape index (κ1) is 12.1. The number of aryl methyl sites for hydroxylation is 1. The third-order valence-corrected chi connectivity index (χ3v) is 3.87. The van der Waals surface area contributed by atoms with Crippen molar-refractivity contribution in [1.82, 2.24) is 19.8 Å². The van der Waals surface area contributed by atoms with Crippen molar-refractivity contribution in [3.63, 3.8) is 0 Å². The summed E-state index contributed by atoms with van der Waals surface area (Å²) in [6.07, 6.45) is 1.52. The average Bonchev–Trinajstić information content (AvgIpc) is 2.91. The van der Waals surface area contributed by atoms with Gasteiger partial charge in [0.2, 0.25) is 0 Å². The van der Waals surface area contributed by atoms with Crippen molar-refractivity contribution >= 4 is 11.6 Å². The SMILES string of the molecule is Cc1ccc2nnc(C3CC(C)CC3C(=O)O)n2n1. The number of aromatic nitrogens is 4. The summed E-state index contributed by atoms with van der Waals surface area (Å²) in [6, 6.07) is 3.73. The first-order chi connectivity index (χ1) is 9.06. The predicted octanol–water partition coefficient (Wildman–Crippen LogP) is 1.65. The Morgan fingerprint density at radius 1 is 1.37 bits per heavy atom. The summed E-state index contributed by atoms with van der Waals surface area (Å²) in [5.41, 5.74) is 1.54. The van der Waals surface area contributed by atoms with Gasteiger partial charge in [-0.15, -0.1) is 10.2 Å². The Kier molecular flexibility index (Phi) is 2.73. The van der Waals surface area contributed by atoms with Crippen LogP contribution in [0, 0.1) is 18.8 Å². The van der Waals surface area contributed by atoms with Gasteiger partial charge in [0.05, 0.1) is 11.6 Å². The molecule has 1 aliphatic carbocycles. The van der Waals surface area contributed by atoms with E-state index in [1.54, 1.807) is 4.52 Å². The van der Waals surface area contributed by atoms with Crippen LogP contribution in [-0.4, -0.2) is 30.9 Å². The standard InChI is InChI=1S/C13H16N4O2/c1-7-5-9(10(6-7)13(18)19)12-15-14-11-4-3-8(2)16-17(11)12/h3-4,7,9-10H,5-6H2,1-2H3,(H,18,19). The second kappa shape index (κ2) is 4.29. The van der Waals surface area contributed by atoms with E-state index in [1.807, 2.05) is 19.1 Å². The molecule has 0 saturated heterocycles. The topological polar surface area (TPSA) is 80.4 Å². The zero-order valence-corrected chi connectivity index (χ0v) is 10.9. The minimum Gasteiger partial charge on any atom is -0.481 e. The molecule has 3 atom stereocenters. The van der Waals surface area contributed by atoms with E-state index in [4.69, 9.17) is 0 Å². The smallest absolute Gasteiger partial charge is 0.307 e. The van der Waals surface area contributed by atoms with Crippen LogP contribution in [0.2, 0.25) is 0 Å². The summed E-state index contributed by atoms with van der Waals surface area (Å²) in [7, 11) is 0. The molecule has 3 rings (SSSR count). The number of aliphatic carboxylic acids is 1. The van der Waals surface area contributed by atoms with Crippen molar-refractivity contribution in [2.45, 2.75) is 32.6 Å². The molecule has 0 radical (unpaired) electrons. The van der Waals surface area contributed by atoms with Crippen LogP contribution in [-0.2, 0) is 4.79 Å². The Morgan fingerprint density at radius 3 is 2.89 bits per heavy atom. The van der Waals surface area contributed by atoms with Gasteiger partial charge in [-0.1, -0.05) is 6.92 Å². The normalized spacial score (nSPS) is 26.9. The molecule has 1 N–H and O–H groups in total. The first-order valence-electron chi connectivity index (χ1n) is 6.48. The molecule has 1 fully saturated rings. The highest BCUT2D eigenvalue weighted by atomic mass is 16.4. The molecular formula is C13H16N4O2. The number of hydrogen-bond acceptors (Lipinski definition) is 4. The molecule has 3 unspecified atom stereocenters. The third-order valence-electron chi connectivity index (χ3n) is 3.87. The average molecular weight is 260 g/mol. The monoisotopic (exact) mass is 260 g/mol. The highest BCUT2D eigenvalue weighted by molar-refractivity contribution is 5.71. The van der Waals surface area contributed by atoms with Crippen molar-refractivity contribution in [3.05, 3.63) is 23.7 Å². The Bertz CT molecular complexity index is 637. The maximum Gasteiger partial charge on any atom is 0.307 e. The van der Waals surface area contributed by atoms with E-state index in [1.165, 1.54) is 0 Å². The van der Waals surface area contributed by atoms with Crippen LogP contribution in [0.25, 0.3) is 5.65 Å². The molecule has 100 valence electrons. The zero-order chi connectivity index (χ0) is 13.6. The molecule has 2 aromatic rings. The molecule has 0 aliphatic heterocycles. The summed E-state index contributed by atoms with van der Waals surface area (Å²) < 4.78 is 1.69. The lowest BCUT2D eigenvalue weighted by molar-refractivity contribution is -0.142. The number of nitrogens with zero attached hydrogens (tertiary/aromatic N) is 4. The van der Waals surface area contributed by atoms with Gasteiger partial charge in [0.25, 0.3) is 0 Å². The fourth-order valence-corrected chi connectivity index (χ4v) is 2.98. The van der Waals surface area contributed by atoms with Gasteiger partial charge in [0, 0.05) is 5.92 Å². The molecule has 0 aromatic carbocycles. The molecule has 6 heteroatoms. The molecule has 0 amide bonds. The van der Waals surface area contributed by atoms with Gasteiger partial charge < -0.3 is 5.11 Å². The lowest BCUT2D eigenvalue weighted by atomic mass is 9.95. The van der Waals surface area contributed by atoms with E-state index in [-0.39, 0.29) is 11.8 Å². The fourth-order valence-electron chi connectivity index (χ4n) is 2.98. The Labute approximate surface area is 110 Å². The second-order valence-electron chi connectivity index (χ2n) is 5.43. The van der Waals surface area contributed by atoms with E-state index in [9.17, 15) is 9.90 Å². The zero-order valence-electron chi connectivity index (χ0n) is 10.9. The van der Waals surface area contributed by atoms with E-state index >= 15 is 0 Å². The minimum atomic E-state index is -0.751. The van der Waals surface area contributed by atoms with Crippen LogP contribution in [0.1, 0.15) is 37.2 Å². The van der Waals surface area contributed by atoms with Gasteiger partial charge in [0.15, 0.2) is 11.5 Å². The van der Waals surface area contributed by atoms with Crippen LogP contribution in [0.3, 0.4) is 0 Å². The molecular weight excluding hydrogens is 244 g/mol. The third kappa shape index (κ3) is 1.97. The van der Waals surface area contributed by atoms with Gasteiger partial charge in [-0.2, -0.15) is 9.61 Å². The van der Waals surface area contributed by atoms with Crippen LogP contribution in [0.5, 0.6) is 0 Å². The van der Waals surface area contributed by atoms with E-state index in [2.05, 4.69) is 22.2 Å². The van der Waals surface area contributed by atoms with E-state index in [0.717, 1.165) is 12.1 Å². The lowest BCUT2D eigenvalue weighted by Crippen LogP contribution is -2.19. The maximum atomic E-state index is 11.4. The lowest BCUT2D eigenvalue weighted by Gasteiger charge is -2.13. The van der Waals surface area contributed by atoms with Gasteiger partial charge in [-0.25, -0.2) is 0 Å². The quantitative estimate of drug-likeness (QED) is 0.888. The molecule has 2 aromatic heterocycles. The minimum absolute atomic E-state index is 0.100. The van der Waals surface area contributed by atoms with Gasteiger partial charge in [-0.05, 0) is 37.8 Å². The maximum absolute atomic E-state index is 11.4. The van der Waals surface area contributed by atoms with Crippen LogP contribution < -0.4 is 0 Å². The Balaban J connectivity index is 2.08. The molecule has 1 saturated carbocycles. The van der Waals surface area contributed by atoms with Crippen LogP contribution in [0.15, 0.2) is 12.1 Å². The first-order valence-corrected chi connectivity index (χ1v) is 6.48. The largest absolute Gasteiger partial charge is 0.481 e. The highest BCUT2D eigenvalue weighted by Crippen LogP contribution is 2.42. The number of carboxylic acids is 1. The molecule has 19 heavy (non-hydrogen) atoms. The Morgan fingerprint density at radius 2 is 2.16 bits per heavy atom. The van der Waals surface area contributed by atoms with Gasteiger partial charge in [0.1, 0.15) is 0 Å². The van der Waals surface area contributed by atoms with Crippen molar-refractivity contribution in [3.8, 4) is 0 Å². The number of carbonyl (C=O) groups is 1. The van der Waals surface area contributed by atoms with E-state index < -0.39 is 5.97 Å². The summed E-state index contributed by atoms with van der Waals surface area (Å²) in [5, 5.41) is 22.0. The summed E-state index contributed by atoms with van der Waals surface area (Å²) in [4.78, 5) is 11.4. The summed E-state index contributed by atoms with van der Waals surface area (Å²) in [5.74, 6) is -0.168. The second-order valence-corrected chi connectivity index (χ2v) is 5.43. The van der Waals surface area contributed by atoms with Crippen LogP contribution >= 0.6 is 0 Å². The number of fused-ring (bicyclic) bond motifs is 1. The van der Waals surface area contributed by atoms with Crippen LogP contribution in [0.4, 0.5) is 0 Å². The Hall–Kier alpha value is -1.98. The summed E-state index contributed by atoms with van der Waals surface area (Å²) in [6.45, 7) is 3.98. The highest BCUT2D eigenvalue weighted by Gasteiger charge is 2.40. The molecule has 2 heterocycles. The van der Waals surface area contributed by atoms with E-state index in [0.29, 0.717) is 23.8 Å². The number of hydrogen-bond donors (Lipinski definition) is 1.